The molecule has 0 aromatic heterocycles. The standard InChI is InChI=1S/C63H107N11O13/c1-22-46(67-56(79)49(70(17)51(75)32-39(8)9)33-41(12)25-23-26-44-27-24-28-45(34-44)62(85)86)59(82)69(16)35-52(76)71(18)47(29-36(2)3)57(80)68-53(40(10)11)61(84)72(19)48(30-37(4)5)55(78)65-42(13)54(77)66-43(14)58(81)73(20)50(31-38(6)7)60(83)74(21)63(87)64-15/h24,27-28,34,36-43,46-50,53H,22-23,25-26,29-33,35H2,1-21H3,(H,64,87)(H,65,78)(H,66,77)(H,67,79)(H,68,80)(H,85,86)/t41-,42-,43+,46+,47+,48+,49?,50+,53+/m1/s1. The highest BCUT2D eigenvalue weighted by Crippen LogP contribution is 2.22. The second-order valence-electron chi connectivity index (χ2n) is 25.5. The van der Waals surface area contributed by atoms with Crippen molar-refractivity contribution in [3.8, 4) is 0 Å². The van der Waals surface area contributed by atoms with Gasteiger partial charge in [-0.15, -0.1) is 0 Å². The lowest BCUT2D eigenvalue weighted by Gasteiger charge is -2.36. The highest BCUT2D eigenvalue weighted by molar-refractivity contribution is 6.00. The Balaban J connectivity index is 3.30. The first kappa shape index (κ1) is 77.9. The zero-order valence-electron chi connectivity index (χ0n) is 56.0. The minimum Gasteiger partial charge on any atom is -0.478 e. The topological polar surface area (TPSA) is 305 Å². The first-order valence-electron chi connectivity index (χ1n) is 30.7. The number of carbonyl (C=O) groups is 12. The lowest BCUT2D eigenvalue weighted by atomic mass is 9.93. The number of rotatable bonds is 35. The number of urea groups is 1. The van der Waals surface area contributed by atoms with Crippen LogP contribution in [0.5, 0.6) is 0 Å². The highest BCUT2D eigenvalue weighted by Gasteiger charge is 2.40. The molecule has 87 heavy (non-hydrogen) atoms. The van der Waals surface area contributed by atoms with E-state index >= 15 is 0 Å². The van der Waals surface area contributed by atoms with Crippen LogP contribution in [-0.4, -0.2) is 210 Å². The van der Waals surface area contributed by atoms with E-state index < -0.39 is 126 Å². The van der Waals surface area contributed by atoms with Crippen LogP contribution in [-0.2, 0) is 54.4 Å². The molecular formula is C63H107N11O13. The number of carboxylic acid groups (broad SMARTS) is 1. The Morgan fingerprint density at radius 1 is 0.517 bits per heavy atom. The predicted molar refractivity (Wildman–Crippen MR) is 333 cm³/mol. The van der Waals surface area contributed by atoms with Crippen LogP contribution in [0.15, 0.2) is 24.3 Å². The number of carbonyl (C=O) groups excluding carboxylic acids is 11. The molecule has 0 heterocycles. The molecule has 0 saturated heterocycles. The molecule has 0 fully saturated rings. The smallest absolute Gasteiger partial charge is 0.335 e. The average Bonchev–Trinajstić information content (AvgIpc) is 2.87. The van der Waals surface area contributed by atoms with E-state index in [1.807, 2.05) is 68.4 Å². The predicted octanol–water partition coefficient (Wildman–Crippen LogP) is 4.53. The fraction of sp³-hybridized carbons (Fsp3) is 0.714. The van der Waals surface area contributed by atoms with Crippen molar-refractivity contribution in [2.24, 2.45) is 35.5 Å². The molecule has 6 N–H and O–H groups in total. The Bertz CT molecular complexity index is 2520. The second-order valence-corrected chi connectivity index (χ2v) is 25.5. The maximum atomic E-state index is 14.6. The van der Waals surface area contributed by atoms with Crippen LogP contribution < -0.4 is 26.6 Å². The van der Waals surface area contributed by atoms with E-state index in [4.69, 9.17) is 0 Å². The van der Waals surface area contributed by atoms with Gasteiger partial charge in [-0.05, 0) is 112 Å². The number of amides is 12. The fourth-order valence-electron chi connectivity index (χ4n) is 10.1. The third kappa shape index (κ3) is 24.9. The van der Waals surface area contributed by atoms with Crippen molar-refractivity contribution in [2.75, 3.05) is 55.9 Å². The van der Waals surface area contributed by atoms with Crippen LogP contribution >= 0.6 is 0 Å². The molecule has 0 bridgehead atoms. The van der Waals surface area contributed by atoms with Gasteiger partial charge in [-0.2, -0.15) is 0 Å². The summed E-state index contributed by atoms with van der Waals surface area (Å²) in [4.78, 5) is 171. The van der Waals surface area contributed by atoms with Gasteiger partial charge in [0.05, 0.1) is 12.1 Å². The van der Waals surface area contributed by atoms with Crippen LogP contribution in [0.25, 0.3) is 0 Å². The van der Waals surface area contributed by atoms with Crippen LogP contribution in [0.2, 0.25) is 0 Å². The first-order chi connectivity index (χ1) is 40.3. The molecule has 0 aliphatic rings. The van der Waals surface area contributed by atoms with Crippen LogP contribution in [0, 0.1) is 35.5 Å². The quantitative estimate of drug-likeness (QED) is 0.0545. The molecule has 12 amide bonds. The monoisotopic (exact) mass is 1230 g/mol. The molecule has 1 unspecified atom stereocenters. The van der Waals surface area contributed by atoms with Crippen LogP contribution in [0.1, 0.15) is 164 Å². The first-order valence-corrected chi connectivity index (χ1v) is 30.7. The number of hydrogen-bond acceptors (Lipinski definition) is 12. The molecule has 24 nitrogen and oxygen atoms in total. The third-order valence-electron chi connectivity index (χ3n) is 15.5. The van der Waals surface area contributed by atoms with Crippen molar-refractivity contribution >= 4 is 71.1 Å². The molecule has 1 rings (SSSR count). The van der Waals surface area contributed by atoms with E-state index in [1.165, 1.54) is 86.7 Å². The number of likely N-dealkylation sites (N-methyl/N-ethyl adjacent to an activating group) is 6. The van der Waals surface area contributed by atoms with Crippen molar-refractivity contribution in [3.05, 3.63) is 35.4 Å². The van der Waals surface area contributed by atoms with Gasteiger partial charge < -0.3 is 56.2 Å². The number of carboxylic acids is 1. The van der Waals surface area contributed by atoms with Crippen molar-refractivity contribution in [2.45, 2.75) is 203 Å². The van der Waals surface area contributed by atoms with Gasteiger partial charge in [0.1, 0.15) is 48.3 Å². The molecule has 1 aromatic carbocycles. The van der Waals surface area contributed by atoms with E-state index in [2.05, 4.69) is 26.6 Å². The average molecular weight is 1230 g/mol. The summed E-state index contributed by atoms with van der Waals surface area (Å²) in [7, 11) is 9.93. The Labute approximate surface area is 517 Å². The van der Waals surface area contributed by atoms with Crippen molar-refractivity contribution < 1.29 is 62.6 Å². The summed E-state index contributed by atoms with van der Waals surface area (Å²) in [6, 6.07) is -2.76. The minimum absolute atomic E-state index is 0.0191. The summed E-state index contributed by atoms with van der Waals surface area (Å²) >= 11 is 0. The number of benzene rings is 1. The zero-order valence-corrected chi connectivity index (χ0v) is 56.0. The molecule has 0 spiro atoms. The lowest BCUT2D eigenvalue weighted by molar-refractivity contribution is -0.147. The van der Waals surface area contributed by atoms with Crippen molar-refractivity contribution in [1.29, 1.82) is 0 Å². The summed E-state index contributed by atoms with van der Waals surface area (Å²) in [6.07, 6.45) is 3.18. The summed E-state index contributed by atoms with van der Waals surface area (Å²) in [5, 5.41) is 22.8. The number of nitrogens with one attached hydrogen (secondary N) is 5. The van der Waals surface area contributed by atoms with Crippen molar-refractivity contribution in [1.82, 2.24) is 56.0 Å². The summed E-state index contributed by atoms with van der Waals surface area (Å²) in [5.74, 6) is -7.72. The fourth-order valence-corrected chi connectivity index (χ4v) is 10.1. The minimum atomic E-state index is -1.21. The van der Waals surface area contributed by atoms with Crippen molar-refractivity contribution in [3.63, 3.8) is 0 Å². The van der Waals surface area contributed by atoms with Gasteiger partial charge in [-0.25, -0.2) is 9.59 Å². The van der Waals surface area contributed by atoms with Gasteiger partial charge in [-0.1, -0.05) is 102 Å². The van der Waals surface area contributed by atoms with E-state index in [-0.39, 0.29) is 79.6 Å². The highest BCUT2D eigenvalue weighted by atomic mass is 16.4. The van der Waals surface area contributed by atoms with Crippen LogP contribution in [0.3, 0.4) is 0 Å². The van der Waals surface area contributed by atoms with Crippen LogP contribution in [0.4, 0.5) is 4.79 Å². The number of aryl methyl sites for hydroxylation is 1. The second kappa shape index (κ2) is 36.9. The van der Waals surface area contributed by atoms with Gasteiger partial charge in [-0.3, -0.25) is 52.8 Å². The maximum absolute atomic E-state index is 14.6. The largest absolute Gasteiger partial charge is 0.478 e. The van der Waals surface area contributed by atoms with Gasteiger partial charge >= 0.3 is 12.0 Å². The molecule has 9 atom stereocenters. The molecule has 1 aromatic rings. The van der Waals surface area contributed by atoms with Gasteiger partial charge in [0.15, 0.2) is 0 Å². The van der Waals surface area contributed by atoms with Gasteiger partial charge in [0, 0.05) is 55.8 Å². The summed E-state index contributed by atoms with van der Waals surface area (Å²) in [5.41, 5.74) is 1.07. The molecule has 0 radical (unpaired) electrons. The maximum Gasteiger partial charge on any atom is 0.335 e. The number of nitrogens with zero attached hydrogens (tertiary/aromatic N) is 6. The molecular weight excluding hydrogens is 1120 g/mol. The summed E-state index contributed by atoms with van der Waals surface area (Å²) < 4.78 is 0. The number of imide groups is 1. The third-order valence-corrected chi connectivity index (χ3v) is 15.5. The molecule has 0 aliphatic carbocycles. The molecule has 492 valence electrons. The normalized spacial score (nSPS) is 14.5. The Morgan fingerprint density at radius 3 is 1.51 bits per heavy atom. The van der Waals surface area contributed by atoms with E-state index in [0.717, 1.165) is 10.5 Å². The summed E-state index contributed by atoms with van der Waals surface area (Å²) in [6.45, 7) is 24.5. The van der Waals surface area contributed by atoms with Gasteiger partial charge in [0.25, 0.3) is 5.91 Å². The Morgan fingerprint density at radius 2 is 1.00 bits per heavy atom. The number of hydrogen-bond donors (Lipinski definition) is 6. The molecule has 0 aliphatic heterocycles. The molecule has 24 heteroatoms. The Kier molecular flexibility index (Phi) is 33.0. The SMILES string of the molecule is CC[C@H](NC(=O)C(C[C@H](C)CCCc1cccc(C(=O)O)c1)N(C)C(=O)CC(C)C)C(=O)N(C)CC(=O)N(C)[C@@H](CC(C)C)C(=O)N[C@H](C(=O)N(C)[C@@H](CC(C)C)C(=O)N[C@H](C)C(=O)N[C@@H](C)C(=O)N(C)[C@@H](CC(C)C)C(=O)N(C)C(=O)NC)C(C)C. The van der Waals surface area contributed by atoms with E-state index in [0.29, 0.717) is 19.3 Å². The van der Waals surface area contributed by atoms with E-state index in [9.17, 15) is 62.6 Å². The molecule has 0 saturated carbocycles. The lowest BCUT2D eigenvalue weighted by Crippen LogP contribution is -2.60. The zero-order chi connectivity index (χ0) is 67.1. The Hall–Kier alpha value is -7.14. The number of aromatic carboxylic acids is 1. The van der Waals surface area contributed by atoms with Gasteiger partial charge in [0.2, 0.25) is 53.2 Å². The van der Waals surface area contributed by atoms with E-state index in [1.54, 1.807) is 40.0 Å².